The Morgan fingerprint density at radius 3 is 2.74 bits per heavy atom. The van der Waals surface area contributed by atoms with Gasteiger partial charge in [0, 0.05) is 44.3 Å². The van der Waals surface area contributed by atoms with Crippen LogP contribution < -0.4 is 4.74 Å². The average molecular weight is 489 g/mol. The topological polar surface area (TPSA) is 53.0 Å². The smallest absolute Gasteiger partial charge is 0.416 e. The van der Waals surface area contributed by atoms with Crippen molar-refractivity contribution < 1.29 is 27.8 Å². The zero-order valence-electron chi connectivity index (χ0n) is 19.9. The fourth-order valence-electron chi connectivity index (χ4n) is 4.95. The number of nitrogens with zero attached hydrogens (tertiary/aromatic N) is 2. The van der Waals surface area contributed by atoms with E-state index in [0.717, 1.165) is 67.8 Å². The summed E-state index contributed by atoms with van der Waals surface area (Å²) in [6.07, 6.45) is 1.45. The lowest BCUT2D eigenvalue weighted by atomic mass is 10.0. The van der Waals surface area contributed by atoms with E-state index in [2.05, 4.69) is 16.7 Å². The number of carboxylic acids is 1. The van der Waals surface area contributed by atoms with E-state index >= 15 is 0 Å². The van der Waals surface area contributed by atoms with E-state index in [0.29, 0.717) is 12.2 Å². The minimum Gasteiger partial charge on any atom is -0.482 e. The summed E-state index contributed by atoms with van der Waals surface area (Å²) in [7, 11) is 0. The van der Waals surface area contributed by atoms with Gasteiger partial charge in [-0.15, -0.1) is 0 Å². The number of unbranched alkanes of at least 4 members (excludes halogenated alkanes) is 1. The van der Waals surface area contributed by atoms with Gasteiger partial charge >= 0.3 is 12.1 Å². The van der Waals surface area contributed by atoms with Crippen molar-refractivity contribution in [2.24, 2.45) is 0 Å². The van der Waals surface area contributed by atoms with Gasteiger partial charge in [-0.2, -0.15) is 13.2 Å². The van der Waals surface area contributed by atoms with Crippen LogP contribution in [0.2, 0.25) is 0 Å². The molecule has 0 amide bonds. The normalized spacial score (nSPS) is 18.3. The molecule has 2 aliphatic rings. The Labute approximate surface area is 203 Å². The molecule has 2 aromatic rings. The van der Waals surface area contributed by atoms with E-state index in [1.807, 2.05) is 24.3 Å². The van der Waals surface area contributed by atoms with Gasteiger partial charge in [0.15, 0.2) is 6.61 Å². The van der Waals surface area contributed by atoms with Crippen LogP contribution in [0.1, 0.15) is 48.4 Å². The molecule has 1 saturated heterocycles. The Morgan fingerprint density at radius 2 is 2.00 bits per heavy atom. The second-order valence-electron chi connectivity index (χ2n) is 9.28. The van der Waals surface area contributed by atoms with E-state index in [4.69, 9.17) is 9.84 Å². The maximum absolute atomic E-state index is 13.2. The maximum Gasteiger partial charge on any atom is 0.416 e. The lowest BCUT2D eigenvalue weighted by molar-refractivity contribution is -0.139. The standard InChI is InChI=1S/C27H31F3N2O3/c1-2-3-6-23-17-31(16-19-5-4-7-25(12-19)35-18-26(33)34)10-11-32(23)24-14-20-8-9-22(27(28,29)30)13-21(20)15-24/h4-5,7-9,12-14,23H,2-3,6,10-11,15-18H2,1H3,(H,33,34)/t23-/m0/s1. The number of carboxylic acid groups (broad SMARTS) is 1. The first kappa shape index (κ1) is 25.1. The van der Waals surface area contributed by atoms with Crippen LogP contribution in [0.25, 0.3) is 6.08 Å². The molecule has 0 unspecified atom stereocenters. The number of rotatable bonds is 9. The summed E-state index contributed by atoms with van der Waals surface area (Å²) in [5.74, 6) is -0.471. The number of aliphatic carboxylic acids is 1. The maximum atomic E-state index is 13.2. The van der Waals surface area contributed by atoms with Crippen molar-refractivity contribution in [3.63, 3.8) is 0 Å². The highest BCUT2D eigenvalue weighted by atomic mass is 19.4. The molecule has 1 atom stereocenters. The monoisotopic (exact) mass is 488 g/mol. The Balaban J connectivity index is 1.43. The van der Waals surface area contributed by atoms with E-state index in [1.54, 1.807) is 12.1 Å². The van der Waals surface area contributed by atoms with Gasteiger partial charge in [-0.1, -0.05) is 38.0 Å². The van der Waals surface area contributed by atoms with Crippen molar-refractivity contribution >= 4 is 12.0 Å². The number of hydrogen-bond acceptors (Lipinski definition) is 4. The number of allylic oxidation sites excluding steroid dienone is 1. The Hall–Kier alpha value is -3.00. The molecule has 4 rings (SSSR count). The highest BCUT2D eigenvalue weighted by Gasteiger charge is 2.33. The number of halogens is 3. The molecular weight excluding hydrogens is 457 g/mol. The Morgan fingerprint density at radius 1 is 1.17 bits per heavy atom. The second-order valence-corrected chi connectivity index (χ2v) is 9.28. The van der Waals surface area contributed by atoms with E-state index in [-0.39, 0.29) is 12.6 Å². The van der Waals surface area contributed by atoms with Crippen molar-refractivity contribution in [2.75, 3.05) is 26.2 Å². The molecule has 188 valence electrons. The van der Waals surface area contributed by atoms with Gasteiger partial charge < -0.3 is 14.7 Å². The predicted molar refractivity (Wildman–Crippen MR) is 128 cm³/mol. The molecule has 35 heavy (non-hydrogen) atoms. The van der Waals surface area contributed by atoms with Gasteiger partial charge in [0.1, 0.15) is 5.75 Å². The molecule has 0 radical (unpaired) electrons. The van der Waals surface area contributed by atoms with Gasteiger partial charge in [0.05, 0.1) is 5.56 Å². The van der Waals surface area contributed by atoms with Crippen LogP contribution in [0.15, 0.2) is 48.2 Å². The summed E-state index contributed by atoms with van der Waals surface area (Å²) >= 11 is 0. The van der Waals surface area contributed by atoms with Gasteiger partial charge in [-0.25, -0.2) is 4.79 Å². The second kappa shape index (κ2) is 10.7. The molecule has 1 N–H and O–H groups in total. The molecular formula is C27H31F3N2O3. The molecule has 0 aromatic heterocycles. The van der Waals surface area contributed by atoms with E-state index in [1.165, 1.54) is 12.1 Å². The molecule has 2 aromatic carbocycles. The highest BCUT2D eigenvalue weighted by molar-refractivity contribution is 5.68. The zero-order chi connectivity index (χ0) is 25.0. The molecule has 1 aliphatic heterocycles. The number of fused-ring (bicyclic) bond motifs is 1. The summed E-state index contributed by atoms with van der Waals surface area (Å²) in [4.78, 5) is 15.6. The fourth-order valence-corrected chi connectivity index (χ4v) is 4.95. The largest absolute Gasteiger partial charge is 0.482 e. The molecule has 1 heterocycles. The van der Waals surface area contributed by atoms with Crippen LogP contribution in [-0.4, -0.2) is 53.2 Å². The van der Waals surface area contributed by atoms with Crippen LogP contribution in [0.4, 0.5) is 13.2 Å². The first-order valence-corrected chi connectivity index (χ1v) is 12.1. The number of carbonyl (C=O) groups is 1. The highest BCUT2D eigenvalue weighted by Crippen LogP contribution is 2.36. The SMILES string of the molecule is CCCC[C@H]1CN(Cc2cccc(OCC(=O)O)c2)CCN1C1=Cc2ccc(C(F)(F)F)cc2C1. The molecule has 1 aliphatic carbocycles. The Bertz CT molecular complexity index is 1080. The zero-order valence-corrected chi connectivity index (χ0v) is 19.9. The molecule has 5 nitrogen and oxygen atoms in total. The summed E-state index contributed by atoms with van der Waals surface area (Å²) < 4.78 is 44.8. The molecule has 8 heteroatoms. The van der Waals surface area contributed by atoms with Crippen molar-refractivity contribution in [3.8, 4) is 5.75 Å². The minimum absolute atomic E-state index is 0.290. The first-order chi connectivity index (χ1) is 16.7. The van der Waals surface area contributed by atoms with Crippen molar-refractivity contribution in [1.29, 1.82) is 0 Å². The summed E-state index contributed by atoms with van der Waals surface area (Å²) in [5.41, 5.74) is 3.19. The van der Waals surface area contributed by atoms with Crippen LogP contribution in [0.3, 0.4) is 0 Å². The first-order valence-electron chi connectivity index (χ1n) is 12.1. The van der Waals surface area contributed by atoms with Gasteiger partial charge in [0.25, 0.3) is 0 Å². The summed E-state index contributed by atoms with van der Waals surface area (Å²) in [5, 5.41) is 8.83. The van der Waals surface area contributed by atoms with E-state index < -0.39 is 17.7 Å². The third-order valence-corrected chi connectivity index (χ3v) is 6.66. The van der Waals surface area contributed by atoms with Crippen LogP contribution >= 0.6 is 0 Å². The number of alkyl halides is 3. The van der Waals surface area contributed by atoms with Gasteiger partial charge in [-0.3, -0.25) is 4.90 Å². The third-order valence-electron chi connectivity index (χ3n) is 6.66. The minimum atomic E-state index is -4.33. The summed E-state index contributed by atoms with van der Waals surface area (Å²) in [6.45, 7) is 5.04. The van der Waals surface area contributed by atoms with Crippen molar-refractivity contribution in [2.45, 2.75) is 51.4 Å². The molecule has 0 bridgehead atoms. The van der Waals surface area contributed by atoms with Crippen molar-refractivity contribution in [3.05, 3.63) is 70.4 Å². The van der Waals surface area contributed by atoms with Gasteiger partial charge in [0.2, 0.25) is 0 Å². The number of benzene rings is 2. The van der Waals surface area contributed by atoms with Crippen LogP contribution in [-0.2, 0) is 23.9 Å². The van der Waals surface area contributed by atoms with E-state index in [9.17, 15) is 18.0 Å². The predicted octanol–water partition coefficient (Wildman–Crippen LogP) is 5.44. The average Bonchev–Trinajstić information content (AvgIpc) is 3.24. The van der Waals surface area contributed by atoms with Crippen LogP contribution in [0.5, 0.6) is 5.75 Å². The van der Waals surface area contributed by atoms with Crippen LogP contribution in [0, 0.1) is 0 Å². The number of ether oxygens (including phenoxy) is 1. The molecule has 1 fully saturated rings. The number of hydrogen-bond donors (Lipinski definition) is 1. The quantitative estimate of drug-likeness (QED) is 0.509. The Kier molecular flexibility index (Phi) is 7.69. The lowest BCUT2D eigenvalue weighted by Gasteiger charge is -2.44. The molecule has 0 saturated carbocycles. The van der Waals surface area contributed by atoms with Crippen molar-refractivity contribution in [1.82, 2.24) is 9.80 Å². The molecule has 0 spiro atoms. The summed E-state index contributed by atoms with van der Waals surface area (Å²) in [6, 6.07) is 11.8. The fraction of sp³-hybridized carbons (Fsp3) is 0.444. The third kappa shape index (κ3) is 6.36. The van der Waals surface area contributed by atoms with Gasteiger partial charge in [-0.05, 0) is 53.5 Å². The lowest BCUT2D eigenvalue weighted by Crippen LogP contribution is -2.52. The number of piperazine rings is 1.